The van der Waals surface area contributed by atoms with Crippen LogP contribution in [0.25, 0.3) is 11.0 Å². The van der Waals surface area contributed by atoms with Crippen molar-refractivity contribution in [2.24, 2.45) is 5.73 Å². The third kappa shape index (κ3) is 5.02. The molecule has 1 saturated heterocycles. The number of H-pyrrole nitrogens is 1. The van der Waals surface area contributed by atoms with Crippen LogP contribution in [-0.2, 0) is 13.0 Å². The Morgan fingerprint density at radius 1 is 1.03 bits per heavy atom. The van der Waals surface area contributed by atoms with Crippen molar-refractivity contribution in [2.45, 2.75) is 25.8 Å². The molecule has 0 unspecified atom stereocenters. The number of amides is 1. The van der Waals surface area contributed by atoms with Gasteiger partial charge in [-0.05, 0) is 62.2 Å². The summed E-state index contributed by atoms with van der Waals surface area (Å²) in [4.78, 5) is 24.2. The van der Waals surface area contributed by atoms with Crippen LogP contribution in [0.2, 0.25) is 0 Å². The van der Waals surface area contributed by atoms with Crippen LogP contribution in [0.3, 0.4) is 0 Å². The quantitative estimate of drug-likeness (QED) is 0.649. The molecule has 6 nitrogen and oxygen atoms in total. The van der Waals surface area contributed by atoms with Crippen LogP contribution >= 0.6 is 0 Å². The van der Waals surface area contributed by atoms with Crippen molar-refractivity contribution in [2.75, 3.05) is 32.7 Å². The van der Waals surface area contributed by atoms with Gasteiger partial charge >= 0.3 is 0 Å². The molecule has 0 atom stereocenters. The first-order chi connectivity index (χ1) is 14.2. The van der Waals surface area contributed by atoms with Gasteiger partial charge in [0.05, 0.1) is 17.4 Å². The summed E-state index contributed by atoms with van der Waals surface area (Å²) in [7, 11) is 0. The molecule has 0 saturated carbocycles. The van der Waals surface area contributed by atoms with E-state index in [2.05, 4.69) is 56.2 Å². The number of benzene rings is 2. The monoisotopic (exact) mass is 391 g/mol. The Labute approximate surface area is 171 Å². The highest BCUT2D eigenvalue weighted by Crippen LogP contribution is 2.19. The maximum atomic E-state index is 11.7. The smallest absolute Gasteiger partial charge is 0.250 e. The summed E-state index contributed by atoms with van der Waals surface area (Å²) >= 11 is 0. The summed E-state index contributed by atoms with van der Waals surface area (Å²) in [5.74, 6) is -0.421. The third-order valence-electron chi connectivity index (χ3n) is 5.72. The molecule has 0 radical (unpaired) electrons. The van der Waals surface area contributed by atoms with Gasteiger partial charge in [0, 0.05) is 19.6 Å². The number of nitrogens with zero attached hydrogens (tertiary/aromatic N) is 3. The predicted molar refractivity (Wildman–Crippen MR) is 116 cm³/mol. The Morgan fingerprint density at radius 2 is 1.83 bits per heavy atom. The van der Waals surface area contributed by atoms with Crippen molar-refractivity contribution in [1.82, 2.24) is 19.8 Å². The van der Waals surface area contributed by atoms with E-state index in [1.54, 1.807) is 6.33 Å². The lowest BCUT2D eigenvalue weighted by atomic mass is 10.0. The number of rotatable bonds is 7. The zero-order chi connectivity index (χ0) is 20.1. The molecule has 6 heteroatoms. The second-order valence-corrected chi connectivity index (χ2v) is 7.87. The molecular weight excluding hydrogens is 362 g/mol. The number of primary amides is 1. The molecule has 0 bridgehead atoms. The number of fused-ring (bicyclic) bond motifs is 1. The van der Waals surface area contributed by atoms with E-state index in [1.807, 2.05) is 6.07 Å². The minimum atomic E-state index is -0.421. The van der Waals surface area contributed by atoms with Crippen LogP contribution in [0.1, 0.15) is 34.3 Å². The highest BCUT2D eigenvalue weighted by Gasteiger charge is 2.15. The molecule has 152 valence electrons. The summed E-state index contributed by atoms with van der Waals surface area (Å²) in [6.07, 6.45) is 4.81. The van der Waals surface area contributed by atoms with E-state index < -0.39 is 5.91 Å². The normalized spacial score (nSPS) is 16.1. The van der Waals surface area contributed by atoms with Gasteiger partial charge in [0.2, 0.25) is 0 Å². The van der Waals surface area contributed by atoms with Crippen LogP contribution in [0.4, 0.5) is 0 Å². The first-order valence-electron chi connectivity index (χ1n) is 10.4. The number of nitrogens with two attached hydrogens (primary N) is 1. The first-order valence-corrected chi connectivity index (χ1v) is 10.4. The molecule has 1 aliphatic rings. The molecule has 2 aromatic carbocycles. The second-order valence-electron chi connectivity index (χ2n) is 7.87. The molecule has 2 heterocycles. The molecule has 0 spiro atoms. The van der Waals surface area contributed by atoms with Crippen LogP contribution in [0.5, 0.6) is 0 Å². The van der Waals surface area contributed by atoms with E-state index in [1.165, 1.54) is 12.0 Å². The Hall–Kier alpha value is -2.70. The van der Waals surface area contributed by atoms with Crippen molar-refractivity contribution in [1.29, 1.82) is 0 Å². The maximum absolute atomic E-state index is 11.7. The first kappa shape index (κ1) is 19.6. The van der Waals surface area contributed by atoms with Crippen LogP contribution < -0.4 is 5.73 Å². The predicted octanol–water partition coefficient (Wildman–Crippen LogP) is 2.80. The minimum Gasteiger partial charge on any atom is -0.366 e. The zero-order valence-electron chi connectivity index (χ0n) is 16.8. The average molecular weight is 392 g/mol. The van der Waals surface area contributed by atoms with E-state index >= 15 is 0 Å². The summed E-state index contributed by atoms with van der Waals surface area (Å²) in [5, 5.41) is 0. The van der Waals surface area contributed by atoms with Crippen LogP contribution in [-0.4, -0.2) is 58.4 Å². The Kier molecular flexibility index (Phi) is 6.22. The molecule has 0 aliphatic carbocycles. The van der Waals surface area contributed by atoms with Crippen molar-refractivity contribution in [3.05, 3.63) is 65.5 Å². The number of aromatic nitrogens is 2. The minimum absolute atomic E-state index is 0.421. The standard InChI is InChI=1S/C23H29N5O/c24-23(29)20-14-19(15-21-22(20)26-17-25-21)8-4-9-27-10-5-11-28(13-12-27)16-18-6-2-1-3-7-18/h1-3,6-7,14-15,17H,4-5,8-13,16H2,(H2,24,29)(H,25,26). The second kappa shape index (κ2) is 9.20. The molecule has 29 heavy (non-hydrogen) atoms. The Balaban J connectivity index is 1.29. The molecule has 1 fully saturated rings. The van der Waals surface area contributed by atoms with Crippen molar-refractivity contribution >= 4 is 16.9 Å². The van der Waals surface area contributed by atoms with E-state index in [-0.39, 0.29) is 0 Å². The largest absolute Gasteiger partial charge is 0.366 e. The van der Waals surface area contributed by atoms with Gasteiger partial charge in [0.25, 0.3) is 5.91 Å². The van der Waals surface area contributed by atoms with E-state index in [4.69, 9.17) is 5.73 Å². The van der Waals surface area contributed by atoms with E-state index in [0.29, 0.717) is 11.1 Å². The fraction of sp³-hybridized carbons (Fsp3) is 0.391. The lowest BCUT2D eigenvalue weighted by Crippen LogP contribution is -2.31. The van der Waals surface area contributed by atoms with E-state index in [9.17, 15) is 4.79 Å². The number of hydrogen-bond acceptors (Lipinski definition) is 4. The number of aromatic amines is 1. The number of carbonyl (C=O) groups is 1. The molecule has 1 amide bonds. The molecule has 1 aliphatic heterocycles. The lowest BCUT2D eigenvalue weighted by molar-refractivity contribution is 0.100. The van der Waals surface area contributed by atoms with Crippen LogP contribution in [0, 0.1) is 0 Å². The van der Waals surface area contributed by atoms with Gasteiger partial charge in [-0.25, -0.2) is 4.98 Å². The Morgan fingerprint density at radius 3 is 2.66 bits per heavy atom. The average Bonchev–Trinajstić information content (AvgIpc) is 3.09. The SMILES string of the molecule is NC(=O)c1cc(CCCN2CCCN(Cc3ccccc3)CC2)cc2[nH]cnc12. The fourth-order valence-corrected chi connectivity index (χ4v) is 4.20. The van der Waals surface area contributed by atoms with Gasteiger partial charge in [-0.1, -0.05) is 30.3 Å². The summed E-state index contributed by atoms with van der Waals surface area (Å²) in [5.41, 5.74) is 10.1. The van der Waals surface area contributed by atoms with Crippen LogP contribution in [0.15, 0.2) is 48.8 Å². The maximum Gasteiger partial charge on any atom is 0.250 e. The summed E-state index contributed by atoms with van der Waals surface area (Å²) in [6.45, 7) is 6.64. The number of hydrogen-bond donors (Lipinski definition) is 2. The Bertz CT molecular complexity index is 952. The summed E-state index contributed by atoms with van der Waals surface area (Å²) in [6, 6.07) is 14.7. The van der Waals surface area contributed by atoms with Crippen molar-refractivity contribution in [3.8, 4) is 0 Å². The molecule has 1 aromatic heterocycles. The van der Waals surface area contributed by atoms with Gasteiger partial charge in [-0.3, -0.25) is 9.69 Å². The highest BCUT2D eigenvalue weighted by atomic mass is 16.1. The van der Waals surface area contributed by atoms with Gasteiger partial charge in [-0.2, -0.15) is 0 Å². The number of carbonyl (C=O) groups excluding carboxylic acids is 1. The summed E-state index contributed by atoms with van der Waals surface area (Å²) < 4.78 is 0. The highest BCUT2D eigenvalue weighted by molar-refractivity contribution is 6.04. The molecule has 4 rings (SSSR count). The van der Waals surface area contributed by atoms with Gasteiger partial charge < -0.3 is 15.6 Å². The van der Waals surface area contributed by atoms with Crippen molar-refractivity contribution < 1.29 is 4.79 Å². The number of nitrogens with one attached hydrogen (secondary N) is 1. The van der Waals surface area contributed by atoms with Gasteiger partial charge in [-0.15, -0.1) is 0 Å². The number of imidazole rings is 1. The topological polar surface area (TPSA) is 78.3 Å². The van der Waals surface area contributed by atoms with Crippen molar-refractivity contribution in [3.63, 3.8) is 0 Å². The van der Waals surface area contributed by atoms with Gasteiger partial charge in [0.15, 0.2) is 0 Å². The number of aryl methyl sites for hydroxylation is 1. The van der Waals surface area contributed by atoms with E-state index in [0.717, 1.165) is 63.2 Å². The molecule has 3 aromatic rings. The van der Waals surface area contributed by atoms with Gasteiger partial charge in [0.1, 0.15) is 5.52 Å². The third-order valence-corrected chi connectivity index (χ3v) is 5.72. The zero-order valence-corrected chi connectivity index (χ0v) is 16.8. The molecule has 3 N–H and O–H groups in total. The molecular formula is C23H29N5O. The lowest BCUT2D eigenvalue weighted by Gasteiger charge is -2.22. The fourth-order valence-electron chi connectivity index (χ4n) is 4.20.